The number of amides is 6. The first kappa shape index (κ1) is 41.1. The Hall–Kier alpha value is -3.85. The highest BCUT2D eigenvalue weighted by atomic mass is 19.1. The molecule has 0 radical (unpaired) electrons. The quantitative estimate of drug-likeness (QED) is 0.134. The molecule has 0 aliphatic carbocycles. The topological polar surface area (TPSA) is 201 Å². The van der Waals surface area contributed by atoms with Crippen molar-refractivity contribution in [3.05, 3.63) is 0 Å². The number of methoxy groups -OCH3 is 1. The van der Waals surface area contributed by atoms with Gasteiger partial charge in [-0.1, -0.05) is 13.8 Å². The number of hydrogen-bond donors (Lipinski definition) is 6. The largest absolute Gasteiger partial charge is 0.467 e. The predicted octanol–water partition coefficient (Wildman–Crippen LogP) is 0.0834. The van der Waals surface area contributed by atoms with Gasteiger partial charge in [-0.15, -0.1) is 0 Å². The molecule has 0 aromatic carbocycles. The van der Waals surface area contributed by atoms with Crippen molar-refractivity contribution in [1.82, 2.24) is 31.9 Å². The second kappa shape index (κ2) is 14.5. The van der Waals surface area contributed by atoms with Crippen LogP contribution in [0.15, 0.2) is 0 Å². The molecule has 6 N–H and O–H groups in total. The molecule has 45 heavy (non-hydrogen) atoms. The molecule has 0 fully saturated rings. The van der Waals surface area contributed by atoms with E-state index in [1.165, 1.54) is 69.2 Å². The molecule has 0 aliphatic heterocycles. The van der Waals surface area contributed by atoms with E-state index in [1.807, 2.05) is 5.32 Å². The average Bonchev–Trinajstić information content (AvgIpc) is 2.89. The van der Waals surface area contributed by atoms with E-state index >= 15 is 0 Å². The molecule has 14 nitrogen and oxygen atoms in total. The molecule has 258 valence electrons. The number of ether oxygens (including phenoxy) is 1. The van der Waals surface area contributed by atoms with Crippen LogP contribution in [-0.4, -0.2) is 95.1 Å². The van der Waals surface area contributed by atoms with E-state index in [-0.39, 0.29) is 5.92 Å². The van der Waals surface area contributed by atoms with Crippen LogP contribution in [0.4, 0.5) is 8.78 Å². The Morgan fingerprint density at radius 3 is 1.09 bits per heavy atom. The molecule has 0 rings (SSSR count). The maximum atomic E-state index is 13.6. The minimum atomic E-state index is -2.61. The number of nitrogens with one attached hydrogen (secondary N) is 6. The standard InChI is InChI=1S/C29H50F2N6O8/c1-16(2)28(12,32-17(3)38)22(43)36-26(8,9)20(41)34-24(4,5)18(39)33-25(6,7)19(40)35-27(10,11)21(42)37-29(14-30,15-31)23(44)45-13/h16H,14-15H2,1-13H3,(H,32,38)(H,33,39)(H,34,41)(H,35,40)(H,36,43)(H,37,42)/t28-/m0/s1. The molecule has 0 saturated heterocycles. The Kier molecular flexibility index (Phi) is 13.3. The summed E-state index contributed by atoms with van der Waals surface area (Å²) < 4.78 is 31.6. The van der Waals surface area contributed by atoms with Gasteiger partial charge in [0.2, 0.25) is 35.4 Å². The van der Waals surface area contributed by atoms with Gasteiger partial charge in [-0.2, -0.15) is 0 Å². The number of hydrogen-bond acceptors (Lipinski definition) is 8. The molecule has 0 unspecified atom stereocenters. The summed E-state index contributed by atoms with van der Waals surface area (Å²) in [6.45, 7) is 13.6. The molecule has 1 atom stereocenters. The van der Waals surface area contributed by atoms with Crippen LogP contribution < -0.4 is 31.9 Å². The molecule has 0 aliphatic rings. The molecular formula is C29H50F2N6O8. The summed E-state index contributed by atoms with van der Waals surface area (Å²) in [6, 6.07) is 0. The Morgan fingerprint density at radius 2 is 0.844 bits per heavy atom. The average molecular weight is 649 g/mol. The van der Waals surface area contributed by atoms with Crippen LogP contribution in [0, 0.1) is 5.92 Å². The van der Waals surface area contributed by atoms with Gasteiger partial charge >= 0.3 is 5.97 Å². The van der Waals surface area contributed by atoms with Gasteiger partial charge in [0.15, 0.2) is 5.54 Å². The summed E-state index contributed by atoms with van der Waals surface area (Å²) in [7, 11) is 0.893. The van der Waals surface area contributed by atoms with Crippen LogP contribution in [0.2, 0.25) is 0 Å². The number of carbonyl (C=O) groups excluding carboxylic acids is 7. The van der Waals surface area contributed by atoms with Crippen LogP contribution in [0.25, 0.3) is 0 Å². The Labute approximate surface area is 263 Å². The number of alkyl halides is 2. The molecule has 6 amide bonds. The highest BCUT2D eigenvalue weighted by Gasteiger charge is 2.47. The number of rotatable bonds is 15. The first-order valence-electron chi connectivity index (χ1n) is 14.2. The number of halogens is 2. The third-order valence-corrected chi connectivity index (χ3v) is 7.42. The third-order valence-electron chi connectivity index (χ3n) is 7.42. The summed E-state index contributed by atoms with van der Waals surface area (Å²) in [5.74, 6) is -6.32. The van der Waals surface area contributed by atoms with E-state index in [0.29, 0.717) is 0 Å². The summed E-state index contributed by atoms with van der Waals surface area (Å²) >= 11 is 0. The second-order valence-electron chi connectivity index (χ2n) is 13.6. The zero-order chi connectivity index (χ0) is 36.0. The predicted molar refractivity (Wildman–Crippen MR) is 161 cm³/mol. The summed E-state index contributed by atoms with van der Waals surface area (Å²) in [5.41, 5.74) is -10.6. The highest BCUT2D eigenvalue weighted by molar-refractivity contribution is 6.01. The van der Waals surface area contributed by atoms with Gasteiger partial charge in [0.1, 0.15) is 41.0 Å². The summed E-state index contributed by atoms with van der Waals surface area (Å²) in [4.78, 5) is 89.3. The fourth-order valence-corrected chi connectivity index (χ4v) is 3.62. The normalized spacial score (nSPS) is 14.0. The van der Waals surface area contributed by atoms with E-state index in [4.69, 9.17) is 0 Å². The minimum Gasteiger partial charge on any atom is -0.467 e. The van der Waals surface area contributed by atoms with Crippen LogP contribution in [0.1, 0.15) is 83.1 Å². The smallest absolute Gasteiger partial charge is 0.337 e. The fraction of sp³-hybridized carbons (Fsp3) is 0.759. The lowest BCUT2D eigenvalue weighted by molar-refractivity contribution is -0.153. The van der Waals surface area contributed by atoms with Crippen LogP contribution in [-0.2, 0) is 38.3 Å². The van der Waals surface area contributed by atoms with Crippen molar-refractivity contribution >= 4 is 41.4 Å². The van der Waals surface area contributed by atoms with Gasteiger partial charge in [0.25, 0.3) is 0 Å². The SMILES string of the molecule is COC(=O)C(CF)(CF)NC(=O)C(C)(C)NC(=O)C(C)(C)NC(=O)C(C)(C)NC(=O)C(C)(C)NC(=O)[C@@](C)(NC(C)=O)C(C)C. The summed E-state index contributed by atoms with van der Waals surface area (Å²) in [5, 5.41) is 14.6. The summed E-state index contributed by atoms with van der Waals surface area (Å²) in [6.07, 6.45) is 0. The van der Waals surface area contributed by atoms with Gasteiger partial charge in [-0.05, 0) is 68.2 Å². The monoisotopic (exact) mass is 648 g/mol. The molecule has 16 heteroatoms. The number of esters is 1. The van der Waals surface area contributed by atoms with E-state index in [2.05, 4.69) is 31.3 Å². The first-order chi connectivity index (χ1) is 20.1. The van der Waals surface area contributed by atoms with E-state index in [1.54, 1.807) is 13.8 Å². The lowest BCUT2D eigenvalue weighted by atomic mass is 9.86. The Morgan fingerprint density at radius 1 is 0.556 bits per heavy atom. The Bertz CT molecular complexity index is 1180. The van der Waals surface area contributed by atoms with Crippen molar-refractivity contribution in [3.8, 4) is 0 Å². The van der Waals surface area contributed by atoms with Crippen LogP contribution in [0.3, 0.4) is 0 Å². The number of carbonyl (C=O) groups is 7. The minimum absolute atomic E-state index is 0.338. The van der Waals surface area contributed by atoms with Crippen LogP contribution in [0.5, 0.6) is 0 Å². The van der Waals surface area contributed by atoms with Crippen molar-refractivity contribution in [3.63, 3.8) is 0 Å². The van der Waals surface area contributed by atoms with Gasteiger partial charge < -0.3 is 36.6 Å². The van der Waals surface area contributed by atoms with Crippen molar-refractivity contribution in [2.45, 2.75) is 116 Å². The van der Waals surface area contributed by atoms with Gasteiger partial charge in [-0.3, -0.25) is 28.8 Å². The fourth-order valence-electron chi connectivity index (χ4n) is 3.62. The highest BCUT2D eigenvalue weighted by Crippen LogP contribution is 2.20. The van der Waals surface area contributed by atoms with Gasteiger partial charge in [0, 0.05) is 6.92 Å². The molecule has 0 aromatic heterocycles. The van der Waals surface area contributed by atoms with Crippen molar-refractivity contribution < 1.29 is 47.1 Å². The zero-order valence-corrected chi connectivity index (χ0v) is 28.5. The molecule has 0 bridgehead atoms. The third kappa shape index (κ3) is 10.1. The molecular weight excluding hydrogens is 598 g/mol. The van der Waals surface area contributed by atoms with Gasteiger partial charge in [-0.25, -0.2) is 13.6 Å². The first-order valence-corrected chi connectivity index (χ1v) is 14.2. The lowest BCUT2D eigenvalue weighted by Gasteiger charge is -2.38. The Balaban J connectivity index is 5.74. The molecule has 0 spiro atoms. The van der Waals surface area contributed by atoms with Crippen molar-refractivity contribution in [2.24, 2.45) is 5.92 Å². The maximum absolute atomic E-state index is 13.6. The van der Waals surface area contributed by atoms with E-state index in [9.17, 15) is 42.3 Å². The second-order valence-corrected chi connectivity index (χ2v) is 13.6. The molecule has 0 heterocycles. The molecule has 0 aromatic rings. The zero-order valence-electron chi connectivity index (χ0n) is 28.5. The van der Waals surface area contributed by atoms with E-state index in [0.717, 1.165) is 7.11 Å². The molecule has 0 saturated carbocycles. The van der Waals surface area contributed by atoms with E-state index < -0.39 is 88.0 Å². The van der Waals surface area contributed by atoms with Crippen molar-refractivity contribution in [2.75, 3.05) is 20.5 Å². The maximum Gasteiger partial charge on any atom is 0.337 e. The lowest BCUT2D eigenvalue weighted by Crippen LogP contribution is -2.70. The van der Waals surface area contributed by atoms with Crippen LogP contribution >= 0.6 is 0 Å². The van der Waals surface area contributed by atoms with Crippen molar-refractivity contribution in [1.29, 1.82) is 0 Å². The van der Waals surface area contributed by atoms with Gasteiger partial charge in [0.05, 0.1) is 7.11 Å².